The van der Waals surface area contributed by atoms with Crippen molar-refractivity contribution in [2.45, 2.75) is 25.1 Å². The molecule has 0 N–H and O–H groups in total. The van der Waals surface area contributed by atoms with E-state index < -0.39 is 0 Å². The first-order valence-electron chi connectivity index (χ1n) is 7.41. The zero-order valence-corrected chi connectivity index (χ0v) is 12.9. The Morgan fingerprint density at radius 3 is 2.62 bits per heavy atom. The summed E-state index contributed by atoms with van der Waals surface area (Å²) in [5.41, 5.74) is 3.49. The summed E-state index contributed by atoms with van der Waals surface area (Å²) in [6.07, 6.45) is 1.89. The lowest BCUT2D eigenvalue weighted by molar-refractivity contribution is 0.297. The van der Waals surface area contributed by atoms with Crippen molar-refractivity contribution in [3.63, 3.8) is 0 Å². The molecule has 2 aromatic rings. The second-order valence-electron chi connectivity index (χ2n) is 5.17. The van der Waals surface area contributed by atoms with Gasteiger partial charge in [-0.05, 0) is 35.2 Å². The van der Waals surface area contributed by atoms with Crippen LogP contribution in [-0.2, 0) is 6.42 Å². The molecule has 2 nitrogen and oxygen atoms in total. The number of alkyl halides is 1. The smallest absolute Gasteiger partial charge is 0.161 e. The van der Waals surface area contributed by atoms with E-state index in [1.165, 1.54) is 5.56 Å². The maximum absolute atomic E-state index is 6.70. The van der Waals surface area contributed by atoms with Crippen LogP contribution in [0.25, 0.3) is 0 Å². The number of hydrogen-bond donors (Lipinski definition) is 0. The SMILES string of the molecule is CCc1ccccc1C(Cl)c1ccc2c(c1)OCCCO2. The van der Waals surface area contributed by atoms with Crippen LogP contribution in [0.1, 0.15) is 35.4 Å². The van der Waals surface area contributed by atoms with Gasteiger partial charge >= 0.3 is 0 Å². The van der Waals surface area contributed by atoms with Gasteiger partial charge in [-0.2, -0.15) is 0 Å². The van der Waals surface area contributed by atoms with Gasteiger partial charge in [0.2, 0.25) is 0 Å². The van der Waals surface area contributed by atoms with E-state index in [4.69, 9.17) is 21.1 Å². The fourth-order valence-corrected chi connectivity index (χ4v) is 2.97. The van der Waals surface area contributed by atoms with E-state index in [2.05, 4.69) is 25.1 Å². The van der Waals surface area contributed by atoms with E-state index in [-0.39, 0.29) is 5.38 Å². The molecule has 3 heteroatoms. The van der Waals surface area contributed by atoms with E-state index in [1.807, 2.05) is 24.3 Å². The van der Waals surface area contributed by atoms with Gasteiger partial charge in [0.1, 0.15) is 0 Å². The summed E-state index contributed by atoms with van der Waals surface area (Å²) in [7, 11) is 0. The molecule has 0 radical (unpaired) electrons. The fraction of sp³-hybridized carbons (Fsp3) is 0.333. The highest BCUT2D eigenvalue weighted by molar-refractivity contribution is 6.22. The molecular formula is C18H19ClO2. The van der Waals surface area contributed by atoms with Crippen LogP contribution in [-0.4, -0.2) is 13.2 Å². The molecule has 0 saturated heterocycles. The number of ether oxygens (including phenoxy) is 2. The Morgan fingerprint density at radius 1 is 1.05 bits per heavy atom. The average Bonchev–Trinajstić information content (AvgIpc) is 2.78. The first kappa shape index (κ1) is 14.3. The van der Waals surface area contributed by atoms with Gasteiger partial charge in [0.05, 0.1) is 18.6 Å². The van der Waals surface area contributed by atoms with Gasteiger partial charge in [-0.15, -0.1) is 11.6 Å². The standard InChI is InChI=1S/C18H19ClO2/c1-2-13-6-3-4-7-15(13)18(19)14-8-9-16-17(12-14)21-11-5-10-20-16/h3-4,6-9,12,18H,2,5,10-11H2,1H3. The van der Waals surface area contributed by atoms with Crippen molar-refractivity contribution >= 4 is 11.6 Å². The van der Waals surface area contributed by atoms with Crippen LogP contribution in [0.15, 0.2) is 42.5 Å². The number of benzene rings is 2. The number of hydrogen-bond acceptors (Lipinski definition) is 2. The van der Waals surface area contributed by atoms with E-state index in [9.17, 15) is 0 Å². The highest BCUT2D eigenvalue weighted by Gasteiger charge is 2.17. The molecule has 0 fully saturated rings. The molecule has 1 unspecified atom stereocenters. The second kappa shape index (κ2) is 6.40. The van der Waals surface area contributed by atoms with Gasteiger partial charge in [0.15, 0.2) is 11.5 Å². The number of rotatable bonds is 3. The Morgan fingerprint density at radius 2 is 1.81 bits per heavy atom. The Balaban J connectivity index is 1.94. The molecule has 1 aliphatic heterocycles. The Bertz CT molecular complexity index is 624. The van der Waals surface area contributed by atoms with Gasteiger partial charge in [-0.1, -0.05) is 37.3 Å². The molecule has 0 saturated carbocycles. The molecule has 2 aromatic carbocycles. The number of fused-ring (bicyclic) bond motifs is 1. The van der Waals surface area contributed by atoms with Crippen LogP contribution in [0.4, 0.5) is 0 Å². The van der Waals surface area contributed by atoms with E-state index >= 15 is 0 Å². The van der Waals surface area contributed by atoms with Crippen LogP contribution in [0.3, 0.4) is 0 Å². The summed E-state index contributed by atoms with van der Waals surface area (Å²) < 4.78 is 11.4. The van der Waals surface area contributed by atoms with Crippen LogP contribution >= 0.6 is 11.6 Å². The summed E-state index contributed by atoms with van der Waals surface area (Å²) in [4.78, 5) is 0. The minimum Gasteiger partial charge on any atom is -0.490 e. The predicted octanol–water partition coefficient (Wildman–Crippen LogP) is 4.74. The van der Waals surface area contributed by atoms with Crippen LogP contribution in [0, 0.1) is 0 Å². The van der Waals surface area contributed by atoms with Crippen molar-refractivity contribution < 1.29 is 9.47 Å². The number of halogens is 1. The molecule has 110 valence electrons. The first-order chi connectivity index (χ1) is 10.3. The molecule has 0 amide bonds. The maximum atomic E-state index is 6.70. The molecule has 3 rings (SSSR count). The zero-order valence-electron chi connectivity index (χ0n) is 12.1. The largest absolute Gasteiger partial charge is 0.490 e. The van der Waals surface area contributed by atoms with Gasteiger partial charge in [-0.25, -0.2) is 0 Å². The summed E-state index contributed by atoms with van der Waals surface area (Å²) in [6.45, 7) is 3.54. The lowest BCUT2D eigenvalue weighted by atomic mass is 9.97. The molecule has 21 heavy (non-hydrogen) atoms. The van der Waals surface area contributed by atoms with Crippen LogP contribution in [0.2, 0.25) is 0 Å². The van der Waals surface area contributed by atoms with Crippen LogP contribution in [0.5, 0.6) is 11.5 Å². The molecule has 1 aliphatic rings. The highest BCUT2D eigenvalue weighted by atomic mass is 35.5. The maximum Gasteiger partial charge on any atom is 0.161 e. The zero-order chi connectivity index (χ0) is 14.7. The summed E-state index contributed by atoms with van der Waals surface area (Å²) in [5, 5.41) is -0.168. The minimum absolute atomic E-state index is 0.168. The van der Waals surface area contributed by atoms with Crippen molar-refractivity contribution in [3.05, 3.63) is 59.2 Å². The molecule has 0 aliphatic carbocycles. The summed E-state index contributed by atoms with van der Waals surface area (Å²) in [6, 6.07) is 14.3. The lowest BCUT2D eigenvalue weighted by Crippen LogP contribution is -2.00. The van der Waals surface area contributed by atoms with Crippen molar-refractivity contribution in [1.29, 1.82) is 0 Å². The van der Waals surface area contributed by atoms with Crippen molar-refractivity contribution in [2.24, 2.45) is 0 Å². The van der Waals surface area contributed by atoms with Crippen molar-refractivity contribution in [2.75, 3.05) is 13.2 Å². The molecule has 1 atom stereocenters. The monoisotopic (exact) mass is 302 g/mol. The topological polar surface area (TPSA) is 18.5 Å². The van der Waals surface area contributed by atoms with E-state index in [1.54, 1.807) is 0 Å². The molecule has 0 bridgehead atoms. The third kappa shape index (κ3) is 3.01. The highest BCUT2D eigenvalue weighted by Crippen LogP contribution is 2.37. The summed E-state index contributed by atoms with van der Waals surface area (Å²) >= 11 is 6.70. The summed E-state index contributed by atoms with van der Waals surface area (Å²) in [5.74, 6) is 1.61. The molecule has 0 spiro atoms. The lowest BCUT2D eigenvalue weighted by Gasteiger charge is -2.16. The van der Waals surface area contributed by atoms with Gasteiger partial charge < -0.3 is 9.47 Å². The van der Waals surface area contributed by atoms with Gasteiger partial charge in [-0.3, -0.25) is 0 Å². The quantitative estimate of drug-likeness (QED) is 0.763. The third-order valence-corrected chi connectivity index (χ3v) is 4.26. The van der Waals surface area contributed by atoms with E-state index in [0.717, 1.165) is 35.5 Å². The van der Waals surface area contributed by atoms with Crippen molar-refractivity contribution in [1.82, 2.24) is 0 Å². The van der Waals surface area contributed by atoms with Gasteiger partial charge in [0.25, 0.3) is 0 Å². The third-order valence-electron chi connectivity index (χ3n) is 3.77. The minimum atomic E-state index is -0.168. The normalized spacial score (nSPS) is 15.3. The second-order valence-corrected chi connectivity index (χ2v) is 5.61. The Kier molecular flexibility index (Phi) is 4.35. The molecule has 0 aromatic heterocycles. The molecular weight excluding hydrogens is 284 g/mol. The molecule has 1 heterocycles. The Labute approximate surface area is 130 Å². The fourth-order valence-electron chi connectivity index (χ4n) is 2.62. The number of aryl methyl sites for hydroxylation is 1. The van der Waals surface area contributed by atoms with Crippen LogP contribution < -0.4 is 9.47 Å². The first-order valence-corrected chi connectivity index (χ1v) is 7.84. The van der Waals surface area contributed by atoms with Crippen molar-refractivity contribution in [3.8, 4) is 11.5 Å². The van der Waals surface area contributed by atoms with Gasteiger partial charge in [0, 0.05) is 6.42 Å². The van der Waals surface area contributed by atoms with E-state index in [0.29, 0.717) is 13.2 Å². The Hall–Kier alpha value is -1.67. The predicted molar refractivity (Wildman–Crippen MR) is 85.6 cm³/mol. The average molecular weight is 303 g/mol.